The van der Waals surface area contributed by atoms with Gasteiger partial charge in [0.25, 0.3) is 0 Å². The molecule has 0 spiro atoms. The molecule has 1 N–H and O–H groups in total. The van der Waals surface area contributed by atoms with Crippen LogP contribution in [-0.2, 0) is 14.3 Å². The SMILES string of the molecule is CCCC(=O)O[C@H](C)C(=O)c1[nH]c(C)c(C(=O)OC)c1C. The van der Waals surface area contributed by atoms with Crippen molar-refractivity contribution in [2.75, 3.05) is 7.11 Å². The monoisotopic (exact) mass is 295 g/mol. The van der Waals surface area contributed by atoms with E-state index < -0.39 is 18.0 Å². The topological polar surface area (TPSA) is 85.5 Å². The molecule has 6 nitrogen and oxygen atoms in total. The molecular formula is C15H21NO5. The first-order valence-electron chi connectivity index (χ1n) is 6.84. The number of nitrogens with one attached hydrogen (secondary N) is 1. The minimum atomic E-state index is -0.897. The number of aromatic nitrogens is 1. The minimum Gasteiger partial charge on any atom is -0.465 e. The normalized spacial score (nSPS) is 11.9. The van der Waals surface area contributed by atoms with Crippen molar-refractivity contribution >= 4 is 17.7 Å². The van der Waals surface area contributed by atoms with Crippen LogP contribution in [0.25, 0.3) is 0 Å². The maximum absolute atomic E-state index is 12.3. The fourth-order valence-electron chi connectivity index (χ4n) is 2.12. The van der Waals surface area contributed by atoms with Crippen molar-refractivity contribution in [3.8, 4) is 0 Å². The Hall–Kier alpha value is -2.11. The number of methoxy groups -OCH3 is 1. The van der Waals surface area contributed by atoms with Gasteiger partial charge in [-0.2, -0.15) is 0 Å². The van der Waals surface area contributed by atoms with Crippen LogP contribution in [0.5, 0.6) is 0 Å². The lowest BCUT2D eigenvalue weighted by atomic mass is 10.1. The van der Waals surface area contributed by atoms with Gasteiger partial charge in [0, 0.05) is 12.1 Å². The van der Waals surface area contributed by atoms with Crippen molar-refractivity contribution in [1.29, 1.82) is 0 Å². The van der Waals surface area contributed by atoms with Crippen LogP contribution in [0.4, 0.5) is 0 Å². The predicted octanol–water partition coefficient (Wildman–Crippen LogP) is 2.33. The van der Waals surface area contributed by atoms with Crippen molar-refractivity contribution in [3.05, 3.63) is 22.5 Å². The third-order valence-electron chi connectivity index (χ3n) is 3.20. The predicted molar refractivity (Wildman–Crippen MR) is 76.4 cm³/mol. The Kier molecular flexibility index (Phi) is 5.69. The standard InChI is InChI=1S/C15H21NO5/c1-6-7-11(17)21-10(4)14(18)13-8(2)12(9(3)16-13)15(19)20-5/h10,16H,6-7H2,1-5H3/t10-/m1/s1. The van der Waals surface area contributed by atoms with Crippen molar-refractivity contribution in [1.82, 2.24) is 4.98 Å². The molecule has 0 bridgehead atoms. The molecular weight excluding hydrogens is 274 g/mol. The van der Waals surface area contributed by atoms with Crippen LogP contribution < -0.4 is 0 Å². The molecule has 0 aliphatic carbocycles. The molecule has 1 heterocycles. The Morgan fingerprint density at radius 3 is 2.38 bits per heavy atom. The molecule has 1 aromatic rings. The fourth-order valence-corrected chi connectivity index (χ4v) is 2.12. The average molecular weight is 295 g/mol. The molecule has 0 radical (unpaired) electrons. The van der Waals surface area contributed by atoms with Gasteiger partial charge in [0.05, 0.1) is 18.4 Å². The van der Waals surface area contributed by atoms with Crippen LogP contribution in [0.3, 0.4) is 0 Å². The number of Topliss-reactive ketones (excluding diaryl/α,β-unsaturated/α-hetero) is 1. The summed E-state index contributed by atoms with van der Waals surface area (Å²) in [6, 6.07) is 0. The number of aryl methyl sites for hydroxylation is 1. The average Bonchev–Trinajstić information content (AvgIpc) is 2.72. The van der Waals surface area contributed by atoms with E-state index in [0.29, 0.717) is 23.2 Å². The molecule has 1 atom stereocenters. The largest absolute Gasteiger partial charge is 0.465 e. The molecule has 0 saturated heterocycles. The van der Waals surface area contributed by atoms with Crippen LogP contribution in [0.2, 0.25) is 0 Å². The number of hydrogen-bond donors (Lipinski definition) is 1. The second kappa shape index (κ2) is 7.06. The van der Waals surface area contributed by atoms with Gasteiger partial charge in [-0.3, -0.25) is 9.59 Å². The third kappa shape index (κ3) is 3.71. The van der Waals surface area contributed by atoms with E-state index in [1.165, 1.54) is 14.0 Å². The van der Waals surface area contributed by atoms with Gasteiger partial charge < -0.3 is 14.5 Å². The first kappa shape index (κ1) is 16.9. The second-order valence-corrected chi connectivity index (χ2v) is 4.86. The summed E-state index contributed by atoms with van der Waals surface area (Å²) in [4.78, 5) is 38.3. The Bertz CT molecular complexity index is 559. The number of hydrogen-bond acceptors (Lipinski definition) is 5. The molecule has 0 aromatic carbocycles. The van der Waals surface area contributed by atoms with Crippen LogP contribution in [0, 0.1) is 13.8 Å². The zero-order valence-electron chi connectivity index (χ0n) is 13.0. The second-order valence-electron chi connectivity index (χ2n) is 4.86. The van der Waals surface area contributed by atoms with Crippen LogP contribution >= 0.6 is 0 Å². The maximum atomic E-state index is 12.3. The van der Waals surface area contributed by atoms with Gasteiger partial charge >= 0.3 is 11.9 Å². The molecule has 0 aliphatic rings. The van der Waals surface area contributed by atoms with E-state index >= 15 is 0 Å². The number of ether oxygens (including phenoxy) is 2. The Labute approximate surface area is 123 Å². The summed E-state index contributed by atoms with van der Waals surface area (Å²) < 4.78 is 9.77. The molecule has 0 saturated carbocycles. The third-order valence-corrected chi connectivity index (χ3v) is 3.20. The van der Waals surface area contributed by atoms with E-state index in [2.05, 4.69) is 4.98 Å². The molecule has 0 unspecified atom stereocenters. The highest BCUT2D eigenvalue weighted by Crippen LogP contribution is 2.20. The highest BCUT2D eigenvalue weighted by molar-refractivity contribution is 6.03. The summed E-state index contributed by atoms with van der Waals surface area (Å²) in [6.45, 7) is 6.71. The van der Waals surface area contributed by atoms with Crippen molar-refractivity contribution in [2.45, 2.75) is 46.6 Å². The molecule has 116 valence electrons. The Morgan fingerprint density at radius 2 is 1.86 bits per heavy atom. The summed E-state index contributed by atoms with van der Waals surface area (Å²) in [5.41, 5.74) is 1.66. The van der Waals surface area contributed by atoms with Crippen LogP contribution in [-0.4, -0.2) is 35.9 Å². The Balaban J connectivity index is 2.98. The fraction of sp³-hybridized carbons (Fsp3) is 0.533. The number of esters is 2. The lowest BCUT2D eigenvalue weighted by Gasteiger charge is -2.11. The van der Waals surface area contributed by atoms with Gasteiger partial charge in [-0.05, 0) is 32.8 Å². The van der Waals surface area contributed by atoms with Crippen molar-refractivity contribution < 1.29 is 23.9 Å². The molecule has 0 amide bonds. The minimum absolute atomic E-state index is 0.268. The highest BCUT2D eigenvalue weighted by atomic mass is 16.5. The van der Waals surface area contributed by atoms with E-state index in [9.17, 15) is 14.4 Å². The summed E-state index contributed by atoms with van der Waals surface area (Å²) in [6.07, 6.45) is 0.0342. The van der Waals surface area contributed by atoms with Crippen molar-refractivity contribution in [3.63, 3.8) is 0 Å². The maximum Gasteiger partial charge on any atom is 0.339 e. The summed E-state index contributed by atoms with van der Waals surface area (Å²) in [5, 5.41) is 0. The van der Waals surface area contributed by atoms with Gasteiger partial charge in [-0.25, -0.2) is 4.79 Å². The van der Waals surface area contributed by atoms with Gasteiger partial charge in [0.1, 0.15) is 0 Å². The lowest BCUT2D eigenvalue weighted by molar-refractivity contribution is -0.146. The van der Waals surface area contributed by atoms with Crippen LogP contribution in [0.1, 0.15) is 58.8 Å². The molecule has 6 heteroatoms. The first-order chi connectivity index (χ1) is 9.83. The molecule has 1 aromatic heterocycles. The summed E-state index contributed by atoms with van der Waals surface area (Å²) in [7, 11) is 1.28. The van der Waals surface area contributed by atoms with Gasteiger partial charge in [0.2, 0.25) is 5.78 Å². The number of carbonyl (C=O) groups is 3. The summed E-state index contributed by atoms with van der Waals surface area (Å²) in [5.74, 6) is -1.28. The highest BCUT2D eigenvalue weighted by Gasteiger charge is 2.27. The van der Waals surface area contributed by atoms with E-state index in [1.54, 1.807) is 13.8 Å². The van der Waals surface area contributed by atoms with E-state index in [1.807, 2.05) is 6.92 Å². The zero-order chi connectivity index (χ0) is 16.2. The van der Waals surface area contributed by atoms with E-state index in [0.717, 1.165) is 0 Å². The molecule has 1 rings (SSSR count). The number of carbonyl (C=O) groups excluding carboxylic acids is 3. The summed E-state index contributed by atoms with van der Waals surface area (Å²) >= 11 is 0. The smallest absolute Gasteiger partial charge is 0.339 e. The van der Waals surface area contributed by atoms with Gasteiger partial charge in [-0.1, -0.05) is 6.92 Å². The van der Waals surface area contributed by atoms with Crippen molar-refractivity contribution in [2.24, 2.45) is 0 Å². The quantitative estimate of drug-likeness (QED) is 0.643. The van der Waals surface area contributed by atoms with Gasteiger partial charge in [0.15, 0.2) is 6.10 Å². The van der Waals surface area contributed by atoms with Crippen LogP contribution in [0.15, 0.2) is 0 Å². The number of aromatic amines is 1. The molecule has 21 heavy (non-hydrogen) atoms. The number of H-pyrrole nitrogens is 1. The Morgan fingerprint density at radius 1 is 1.24 bits per heavy atom. The molecule has 0 aliphatic heterocycles. The van der Waals surface area contributed by atoms with E-state index in [-0.39, 0.29) is 17.9 Å². The number of rotatable bonds is 6. The first-order valence-corrected chi connectivity index (χ1v) is 6.84. The number of ketones is 1. The van der Waals surface area contributed by atoms with E-state index in [4.69, 9.17) is 9.47 Å². The molecule has 0 fully saturated rings. The zero-order valence-corrected chi connectivity index (χ0v) is 13.0. The lowest BCUT2D eigenvalue weighted by Crippen LogP contribution is -2.25. The van der Waals surface area contributed by atoms with Gasteiger partial charge in [-0.15, -0.1) is 0 Å².